The third-order valence-electron chi connectivity index (χ3n) is 5.14. The summed E-state index contributed by atoms with van der Waals surface area (Å²) in [4.78, 5) is 40.1. The van der Waals surface area contributed by atoms with Crippen molar-refractivity contribution in [3.05, 3.63) is 48.7 Å². The van der Waals surface area contributed by atoms with Gasteiger partial charge in [0.25, 0.3) is 0 Å². The fourth-order valence-electron chi connectivity index (χ4n) is 3.19. The molecule has 1 aromatic heterocycles. The van der Waals surface area contributed by atoms with Crippen molar-refractivity contribution in [1.29, 1.82) is 0 Å². The number of pyridine rings is 1. The van der Waals surface area contributed by atoms with E-state index in [1.54, 1.807) is 11.9 Å². The maximum absolute atomic E-state index is 11.4. The number of ether oxygens (including phenoxy) is 1. The molecule has 1 aromatic carbocycles. The molecule has 0 radical (unpaired) electrons. The second-order valence-corrected chi connectivity index (χ2v) is 7.62. The van der Waals surface area contributed by atoms with Gasteiger partial charge in [0.2, 0.25) is 5.91 Å². The average Bonchev–Trinajstić information content (AvgIpc) is 2.84. The Labute approximate surface area is 197 Å². The lowest BCUT2D eigenvalue weighted by Gasteiger charge is -2.36. The lowest BCUT2D eigenvalue weighted by atomic mass is 10.2. The molecule has 1 atom stereocenters. The summed E-state index contributed by atoms with van der Waals surface area (Å²) in [6, 6.07) is 13.2. The maximum atomic E-state index is 11.4. The number of aliphatic carboxylic acids is 2. The largest absolute Gasteiger partial charge is 0.491 e. The number of aliphatic hydroxyl groups excluding tert-OH is 1. The summed E-state index contributed by atoms with van der Waals surface area (Å²) in [5.74, 6) is -1.98. The highest BCUT2D eigenvalue weighted by molar-refractivity contribution is 6.27. The number of amides is 1. The summed E-state index contributed by atoms with van der Waals surface area (Å²) < 4.78 is 5.69. The number of carboxylic acids is 2. The van der Waals surface area contributed by atoms with Crippen LogP contribution in [0.1, 0.15) is 6.92 Å². The number of anilines is 2. The lowest BCUT2D eigenvalue weighted by molar-refractivity contribution is -0.159. The molecule has 184 valence electrons. The standard InChI is InChI=1S/C21H28N4O3.C2H2O4/c1-17(26)23(2)18-6-8-20(9-7-18)28-16-19(27)15-24-11-13-25(14-12-24)21-5-3-4-10-22-21;3-1(4)2(5)6/h3-10,19,27H,11-16H2,1-2H3;(H,3,4)(H,5,6). The predicted molar refractivity (Wildman–Crippen MR) is 125 cm³/mol. The first-order valence-corrected chi connectivity index (χ1v) is 10.7. The number of carboxylic acid groups (broad SMARTS) is 2. The Kier molecular flexibility index (Phi) is 10.2. The van der Waals surface area contributed by atoms with Gasteiger partial charge in [-0.05, 0) is 36.4 Å². The van der Waals surface area contributed by atoms with Gasteiger partial charge in [0, 0.05) is 58.6 Å². The monoisotopic (exact) mass is 474 g/mol. The minimum absolute atomic E-state index is 0.0211. The van der Waals surface area contributed by atoms with Crippen molar-refractivity contribution in [1.82, 2.24) is 9.88 Å². The highest BCUT2D eigenvalue weighted by Gasteiger charge is 2.20. The second kappa shape index (κ2) is 13.1. The number of aliphatic hydroxyl groups is 1. The number of rotatable bonds is 7. The van der Waals surface area contributed by atoms with E-state index in [1.165, 1.54) is 6.92 Å². The van der Waals surface area contributed by atoms with Gasteiger partial charge in [0.1, 0.15) is 24.3 Å². The van der Waals surface area contributed by atoms with E-state index in [0.717, 1.165) is 37.7 Å². The quantitative estimate of drug-likeness (QED) is 0.493. The van der Waals surface area contributed by atoms with Gasteiger partial charge in [-0.1, -0.05) is 6.07 Å². The number of carbonyl (C=O) groups is 3. The molecule has 11 nitrogen and oxygen atoms in total. The normalized spacial score (nSPS) is 14.4. The van der Waals surface area contributed by atoms with Crippen LogP contribution in [0.2, 0.25) is 0 Å². The highest BCUT2D eigenvalue weighted by atomic mass is 16.5. The summed E-state index contributed by atoms with van der Waals surface area (Å²) in [5, 5.41) is 25.1. The van der Waals surface area contributed by atoms with E-state index in [1.807, 2.05) is 48.7 Å². The van der Waals surface area contributed by atoms with E-state index in [2.05, 4.69) is 14.8 Å². The smallest absolute Gasteiger partial charge is 0.414 e. The molecule has 0 saturated carbocycles. The SMILES string of the molecule is CC(=O)N(C)c1ccc(OCC(O)CN2CCN(c3ccccn3)CC2)cc1.O=C(O)C(=O)O. The molecular formula is C23H30N4O7. The number of benzene rings is 1. The van der Waals surface area contributed by atoms with Crippen LogP contribution < -0.4 is 14.5 Å². The van der Waals surface area contributed by atoms with Gasteiger partial charge < -0.3 is 29.9 Å². The summed E-state index contributed by atoms with van der Waals surface area (Å²) in [6.45, 7) is 5.92. The van der Waals surface area contributed by atoms with Crippen molar-refractivity contribution in [3.63, 3.8) is 0 Å². The molecule has 2 heterocycles. The van der Waals surface area contributed by atoms with Crippen molar-refractivity contribution in [3.8, 4) is 5.75 Å². The summed E-state index contributed by atoms with van der Waals surface area (Å²) in [5.41, 5.74) is 0.811. The van der Waals surface area contributed by atoms with Gasteiger partial charge in [-0.15, -0.1) is 0 Å². The zero-order valence-corrected chi connectivity index (χ0v) is 19.2. The summed E-state index contributed by atoms with van der Waals surface area (Å²) in [7, 11) is 1.73. The molecule has 3 rings (SSSR count). The lowest BCUT2D eigenvalue weighted by Crippen LogP contribution is -2.49. The van der Waals surface area contributed by atoms with Crippen molar-refractivity contribution >= 4 is 29.4 Å². The number of hydrogen-bond donors (Lipinski definition) is 3. The van der Waals surface area contributed by atoms with E-state index >= 15 is 0 Å². The third kappa shape index (κ3) is 8.68. The van der Waals surface area contributed by atoms with Crippen LogP contribution in [0.4, 0.5) is 11.5 Å². The van der Waals surface area contributed by atoms with Crippen molar-refractivity contribution in [2.75, 3.05) is 56.2 Å². The van der Waals surface area contributed by atoms with Gasteiger partial charge in [-0.25, -0.2) is 14.6 Å². The summed E-state index contributed by atoms with van der Waals surface area (Å²) >= 11 is 0. The number of hydrogen-bond acceptors (Lipinski definition) is 8. The molecule has 0 spiro atoms. The number of piperazine rings is 1. The molecule has 11 heteroatoms. The molecule has 0 aliphatic carbocycles. The van der Waals surface area contributed by atoms with E-state index in [4.69, 9.17) is 24.5 Å². The van der Waals surface area contributed by atoms with E-state index < -0.39 is 18.0 Å². The van der Waals surface area contributed by atoms with Crippen LogP contribution in [0.5, 0.6) is 5.75 Å². The molecule has 2 aromatic rings. The van der Waals surface area contributed by atoms with Crippen LogP contribution in [-0.4, -0.2) is 95.5 Å². The minimum atomic E-state index is -1.82. The molecule has 1 amide bonds. The van der Waals surface area contributed by atoms with Gasteiger partial charge in [0.15, 0.2) is 0 Å². The fourth-order valence-corrected chi connectivity index (χ4v) is 3.19. The van der Waals surface area contributed by atoms with Crippen molar-refractivity contribution in [2.24, 2.45) is 0 Å². The molecule has 0 bridgehead atoms. The van der Waals surface area contributed by atoms with Crippen LogP contribution in [0.15, 0.2) is 48.7 Å². The van der Waals surface area contributed by atoms with E-state index in [-0.39, 0.29) is 12.5 Å². The van der Waals surface area contributed by atoms with E-state index in [9.17, 15) is 9.90 Å². The first-order valence-electron chi connectivity index (χ1n) is 10.7. The third-order valence-corrected chi connectivity index (χ3v) is 5.14. The van der Waals surface area contributed by atoms with Crippen LogP contribution in [0, 0.1) is 0 Å². The van der Waals surface area contributed by atoms with Crippen molar-refractivity contribution in [2.45, 2.75) is 13.0 Å². The van der Waals surface area contributed by atoms with Crippen molar-refractivity contribution < 1.29 is 34.4 Å². The van der Waals surface area contributed by atoms with Crippen LogP contribution in [0.25, 0.3) is 0 Å². The van der Waals surface area contributed by atoms with Gasteiger partial charge in [-0.2, -0.15) is 0 Å². The molecule has 3 N–H and O–H groups in total. The Bertz CT molecular complexity index is 920. The molecule has 1 aliphatic heterocycles. The molecular weight excluding hydrogens is 444 g/mol. The number of aromatic nitrogens is 1. The Balaban J connectivity index is 0.000000604. The number of β-amino-alcohol motifs (C(OH)–C–C–N with tert-alkyl or cyclic N) is 1. The van der Waals surface area contributed by atoms with Crippen LogP contribution >= 0.6 is 0 Å². The molecule has 1 unspecified atom stereocenters. The molecule has 34 heavy (non-hydrogen) atoms. The highest BCUT2D eigenvalue weighted by Crippen LogP contribution is 2.19. The van der Waals surface area contributed by atoms with E-state index in [0.29, 0.717) is 12.3 Å². The van der Waals surface area contributed by atoms with Gasteiger partial charge in [0.05, 0.1) is 0 Å². The first-order chi connectivity index (χ1) is 16.2. The first kappa shape index (κ1) is 26.6. The Morgan fingerprint density at radius 1 is 1.03 bits per heavy atom. The predicted octanol–water partition coefficient (Wildman–Crippen LogP) is 0.782. The Hall–Kier alpha value is -3.70. The Morgan fingerprint density at radius 2 is 1.65 bits per heavy atom. The molecule has 1 saturated heterocycles. The number of nitrogens with zero attached hydrogens (tertiary/aromatic N) is 4. The Morgan fingerprint density at radius 3 is 2.15 bits per heavy atom. The number of carbonyl (C=O) groups excluding carboxylic acids is 1. The van der Waals surface area contributed by atoms with Crippen LogP contribution in [0.3, 0.4) is 0 Å². The molecule has 1 fully saturated rings. The zero-order chi connectivity index (χ0) is 25.1. The van der Waals surface area contributed by atoms with Crippen LogP contribution in [-0.2, 0) is 14.4 Å². The summed E-state index contributed by atoms with van der Waals surface area (Å²) in [6.07, 6.45) is 1.26. The second-order valence-electron chi connectivity index (χ2n) is 7.62. The van der Waals surface area contributed by atoms with Gasteiger partial charge in [-0.3, -0.25) is 9.69 Å². The van der Waals surface area contributed by atoms with Gasteiger partial charge >= 0.3 is 11.9 Å². The fraction of sp³-hybridized carbons (Fsp3) is 0.391. The zero-order valence-electron chi connectivity index (χ0n) is 19.2. The topological polar surface area (TPSA) is 144 Å². The maximum Gasteiger partial charge on any atom is 0.414 e. The molecule has 1 aliphatic rings. The minimum Gasteiger partial charge on any atom is -0.491 e. The average molecular weight is 475 g/mol.